The van der Waals surface area contributed by atoms with Gasteiger partial charge in [-0.05, 0) is 59.4 Å². The van der Waals surface area contributed by atoms with Crippen LogP contribution in [0.4, 0.5) is 11.6 Å². The van der Waals surface area contributed by atoms with Gasteiger partial charge in [-0.15, -0.1) is 0 Å². The number of aromatic nitrogens is 2. The fourth-order valence-electron chi connectivity index (χ4n) is 5.22. The van der Waals surface area contributed by atoms with Gasteiger partial charge in [0, 0.05) is 43.0 Å². The van der Waals surface area contributed by atoms with Crippen LogP contribution in [0.25, 0.3) is 11.3 Å². The van der Waals surface area contributed by atoms with E-state index in [1.54, 1.807) is 0 Å². The highest BCUT2D eigenvalue weighted by Gasteiger charge is 2.27. The van der Waals surface area contributed by atoms with Crippen molar-refractivity contribution in [3.05, 3.63) is 105 Å². The highest BCUT2D eigenvalue weighted by molar-refractivity contribution is 6.42. The Labute approximate surface area is 241 Å². The van der Waals surface area contributed by atoms with E-state index in [1.807, 2.05) is 32.2 Å². The zero-order valence-corrected chi connectivity index (χ0v) is 24.0. The lowest BCUT2D eigenvalue weighted by Gasteiger charge is -2.27. The van der Waals surface area contributed by atoms with E-state index < -0.39 is 0 Å². The molecule has 1 fully saturated rings. The third-order valence-corrected chi connectivity index (χ3v) is 8.00. The first-order valence-corrected chi connectivity index (χ1v) is 14.5. The Hall–Kier alpha value is -2.96. The van der Waals surface area contributed by atoms with Gasteiger partial charge in [-0.1, -0.05) is 79.5 Å². The van der Waals surface area contributed by atoms with Crippen LogP contribution in [0.2, 0.25) is 10.0 Å². The predicted octanol–water partition coefficient (Wildman–Crippen LogP) is 7.78. The summed E-state index contributed by atoms with van der Waals surface area (Å²) < 4.78 is 5.44. The van der Waals surface area contributed by atoms with Gasteiger partial charge in [-0.3, -0.25) is 4.90 Å². The number of anilines is 2. The summed E-state index contributed by atoms with van der Waals surface area (Å²) in [6.45, 7) is 8.78. The Balaban J connectivity index is 0.00000151. The molecule has 0 bridgehead atoms. The van der Waals surface area contributed by atoms with Gasteiger partial charge in [0.1, 0.15) is 0 Å². The molecular formula is C32H34Cl2N4O. The molecule has 1 aliphatic carbocycles. The maximum atomic E-state index is 6.35. The lowest BCUT2D eigenvalue weighted by atomic mass is 9.78. The van der Waals surface area contributed by atoms with Crippen LogP contribution < -0.4 is 5.32 Å². The summed E-state index contributed by atoms with van der Waals surface area (Å²) in [6, 6.07) is 22.9. The van der Waals surface area contributed by atoms with Crippen LogP contribution >= 0.6 is 23.2 Å². The summed E-state index contributed by atoms with van der Waals surface area (Å²) in [5.41, 5.74) is 7.92. The van der Waals surface area contributed by atoms with Crippen LogP contribution in [0.3, 0.4) is 0 Å². The molecule has 2 aliphatic rings. The van der Waals surface area contributed by atoms with Crippen molar-refractivity contribution in [2.24, 2.45) is 0 Å². The fraction of sp³-hybridized carbons (Fsp3) is 0.312. The van der Waals surface area contributed by atoms with Gasteiger partial charge in [0.25, 0.3) is 0 Å². The molecule has 0 radical (unpaired) electrons. The number of ether oxygens (including phenoxy) is 1. The Morgan fingerprint density at radius 3 is 2.49 bits per heavy atom. The molecule has 1 N–H and O–H groups in total. The van der Waals surface area contributed by atoms with Crippen molar-refractivity contribution in [3.8, 4) is 11.3 Å². The molecule has 1 aromatic heterocycles. The Kier molecular flexibility index (Phi) is 9.15. The molecule has 0 spiro atoms. The number of benzene rings is 3. The van der Waals surface area contributed by atoms with Crippen molar-refractivity contribution in [3.63, 3.8) is 0 Å². The second-order valence-corrected chi connectivity index (χ2v) is 10.4. The molecule has 0 unspecified atom stereocenters. The predicted molar refractivity (Wildman–Crippen MR) is 162 cm³/mol. The third-order valence-electron chi connectivity index (χ3n) is 7.26. The number of halogens is 2. The fourth-order valence-corrected chi connectivity index (χ4v) is 5.52. The molecular weight excluding hydrogens is 527 g/mol. The minimum atomic E-state index is 0.172. The Morgan fingerprint density at radius 2 is 1.72 bits per heavy atom. The maximum absolute atomic E-state index is 6.35. The van der Waals surface area contributed by atoms with Crippen LogP contribution in [-0.4, -0.2) is 47.7 Å². The molecule has 2 heterocycles. The van der Waals surface area contributed by atoms with Crippen molar-refractivity contribution < 1.29 is 4.74 Å². The summed E-state index contributed by atoms with van der Waals surface area (Å²) in [7, 11) is 0. The zero-order valence-electron chi connectivity index (χ0n) is 22.5. The second kappa shape index (κ2) is 12.9. The number of morpholine rings is 1. The van der Waals surface area contributed by atoms with Gasteiger partial charge >= 0.3 is 0 Å². The van der Waals surface area contributed by atoms with E-state index in [4.69, 9.17) is 32.9 Å². The summed E-state index contributed by atoms with van der Waals surface area (Å²) in [5.74, 6) is 0.772. The molecule has 7 heteroatoms. The standard InChI is InChI=1S/C30H28Cl2N4O.C2H6/c31-27-10-7-21(18-28(27)32)26-17-22-19-33-30(35-29(22)25-4-2-1-3-24(25)26)34-23-8-5-20(6-9-23)11-12-36-13-15-37-16-14-36;1-2/h1-10,18-19,26H,11-17H2,(H,33,34,35);1-2H3/t26-;/m1./s1. The minimum Gasteiger partial charge on any atom is -0.379 e. The topological polar surface area (TPSA) is 50.3 Å². The summed E-state index contributed by atoms with van der Waals surface area (Å²) in [6.07, 6.45) is 3.79. The smallest absolute Gasteiger partial charge is 0.227 e. The third kappa shape index (κ3) is 6.44. The first kappa shape index (κ1) is 27.6. The van der Waals surface area contributed by atoms with E-state index in [0.29, 0.717) is 16.0 Å². The molecule has 1 atom stereocenters. The van der Waals surface area contributed by atoms with Gasteiger partial charge < -0.3 is 10.1 Å². The first-order chi connectivity index (χ1) is 19.1. The lowest BCUT2D eigenvalue weighted by molar-refractivity contribution is 0.0384. The monoisotopic (exact) mass is 560 g/mol. The van der Waals surface area contributed by atoms with E-state index in [9.17, 15) is 0 Å². The number of hydrogen-bond donors (Lipinski definition) is 1. The van der Waals surface area contributed by atoms with Crippen molar-refractivity contribution in [1.29, 1.82) is 0 Å². The molecule has 39 heavy (non-hydrogen) atoms. The summed E-state index contributed by atoms with van der Waals surface area (Å²) in [4.78, 5) is 12.1. The van der Waals surface area contributed by atoms with E-state index in [0.717, 1.165) is 73.8 Å². The van der Waals surface area contributed by atoms with E-state index in [2.05, 4.69) is 69.8 Å². The Morgan fingerprint density at radius 1 is 0.949 bits per heavy atom. The average Bonchev–Trinajstić information content (AvgIpc) is 2.99. The number of rotatable bonds is 6. The quantitative estimate of drug-likeness (QED) is 0.261. The first-order valence-electron chi connectivity index (χ1n) is 13.7. The van der Waals surface area contributed by atoms with E-state index in [-0.39, 0.29) is 5.92 Å². The summed E-state index contributed by atoms with van der Waals surface area (Å²) >= 11 is 12.5. The van der Waals surface area contributed by atoms with Crippen LogP contribution in [0, 0.1) is 0 Å². The van der Waals surface area contributed by atoms with Gasteiger partial charge in [0.15, 0.2) is 0 Å². The van der Waals surface area contributed by atoms with Gasteiger partial charge in [-0.25, -0.2) is 9.97 Å². The highest BCUT2D eigenvalue weighted by atomic mass is 35.5. The van der Waals surface area contributed by atoms with E-state index >= 15 is 0 Å². The van der Waals surface area contributed by atoms with Crippen LogP contribution in [0.15, 0.2) is 72.9 Å². The molecule has 1 saturated heterocycles. The molecule has 1 aliphatic heterocycles. The molecule has 0 amide bonds. The number of nitrogens with zero attached hydrogens (tertiary/aromatic N) is 3. The number of hydrogen-bond acceptors (Lipinski definition) is 5. The van der Waals surface area contributed by atoms with Crippen LogP contribution in [0.1, 0.15) is 42.0 Å². The van der Waals surface area contributed by atoms with Crippen LogP contribution in [0.5, 0.6) is 0 Å². The minimum absolute atomic E-state index is 0.172. The Bertz CT molecular complexity index is 1400. The SMILES string of the molecule is CC.Clc1ccc([C@H]2Cc3cnc(Nc4ccc(CCN5CCOCC5)cc4)nc3-c3ccccc32)cc1Cl. The van der Waals surface area contributed by atoms with Crippen molar-refractivity contribution in [2.45, 2.75) is 32.6 Å². The highest BCUT2D eigenvalue weighted by Crippen LogP contribution is 2.43. The molecule has 6 rings (SSSR count). The van der Waals surface area contributed by atoms with E-state index in [1.165, 1.54) is 11.1 Å². The maximum Gasteiger partial charge on any atom is 0.227 e. The van der Waals surface area contributed by atoms with Gasteiger partial charge in [-0.2, -0.15) is 0 Å². The van der Waals surface area contributed by atoms with Crippen LogP contribution in [-0.2, 0) is 17.6 Å². The largest absolute Gasteiger partial charge is 0.379 e. The average molecular weight is 562 g/mol. The van der Waals surface area contributed by atoms with Gasteiger partial charge in [0.2, 0.25) is 5.95 Å². The number of fused-ring (bicyclic) bond motifs is 3. The zero-order chi connectivity index (χ0) is 27.2. The lowest BCUT2D eigenvalue weighted by Crippen LogP contribution is -2.37. The normalized spacial score (nSPS) is 16.5. The van der Waals surface area contributed by atoms with Gasteiger partial charge in [0.05, 0.1) is 29.0 Å². The van der Waals surface area contributed by atoms with Crippen molar-refractivity contribution >= 4 is 34.8 Å². The molecule has 0 saturated carbocycles. The second-order valence-electron chi connectivity index (χ2n) is 9.61. The van der Waals surface area contributed by atoms with Crippen molar-refractivity contribution in [2.75, 3.05) is 38.2 Å². The molecule has 5 nitrogen and oxygen atoms in total. The summed E-state index contributed by atoms with van der Waals surface area (Å²) in [5, 5.41) is 4.54. The molecule has 4 aromatic rings. The van der Waals surface area contributed by atoms with Crippen molar-refractivity contribution in [1.82, 2.24) is 14.9 Å². The molecule has 3 aromatic carbocycles. The number of nitrogens with one attached hydrogen (secondary N) is 1. The molecule has 202 valence electrons.